The Kier molecular flexibility index (Phi) is 5.56. The molecule has 1 N–H and O–H groups in total. The second kappa shape index (κ2) is 7.94. The summed E-state index contributed by atoms with van der Waals surface area (Å²) in [6.07, 6.45) is 1.70. The Balaban J connectivity index is 2.01. The SMILES string of the molecule is Cc1cc(C(=O)O)ccc1-n1c(C)cc(C=Nc2cc(C)c(C)c([N+](=O)[O-])c2)c1C. The van der Waals surface area contributed by atoms with Crippen LogP contribution in [0, 0.1) is 44.7 Å². The molecular weight excluding hydrogens is 382 g/mol. The third kappa shape index (κ3) is 3.87. The Morgan fingerprint density at radius 2 is 1.77 bits per heavy atom. The van der Waals surface area contributed by atoms with Crippen LogP contribution in [0.15, 0.2) is 41.4 Å². The van der Waals surface area contributed by atoms with E-state index in [2.05, 4.69) is 4.99 Å². The summed E-state index contributed by atoms with van der Waals surface area (Å²) in [4.78, 5) is 26.6. The Morgan fingerprint density at radius 3 is 2.37 bits per heavy atom. The van der Waals surface area contributed by atoms with Crippen molar-refractivity contribution in [3.63, 3.8) is 0 Å². The molecule has 2 aromatic carbocycles. The molecule has 0 bridgehead atoms. The number of carboxylic acids is 1. The molecule has 0 radical (unpaired) electrons. The van der Waals surface area contributed by atoms with Crippen molar-refractivity contribution >= 4 is 23.6 Å². The van der Waals surface area contributed by atoms with Crippen molar-refractivity contribution in [3.8, 4) is 5.69 Å². The van der Waals surface area contributed by atoms with Crippen molar-refractivity contribution < 1.29 is 14.8 Å². The molecule has 3 aromatic rings. The summed E-state index contributed by atoms with van der Waals surface area (Å²) in [5.41, 5.74) is 6.84. The first kappa shape index (κ1) is 21.0. The molecule has 0 saturated carbocycles. The molecule has 1 heterocycles. The minimum absolute atomic E-state index is 0.0572. The normalized spacial score (nSPS) is 11.2. The van der Waals surface area contributed by atoms with E-state index in [1.165, 1.54) is 6.07 Å². The van der Waals surface area contributed by atoms with Gasteiger partial charge in [-0.3, -0.25) is 15.1 Å². The summed E-state index contributed by atoms with van der Waals surface area (Å²) < 4.78 is 2.05. The summed E-state index contributed by atoms with van der Waals surface area (Å²) in [6, 6.07) is 10.3. The van der Waals surface area contributed by atoms with E-state index in [1.807, 2.05) is 44.4 Å². The van der Waals surface area contributed by atoms with Gasteiger partial charge in [0.25, 0.3) is 5.69 Å². The van der Waals surface area contributed by atoms with Gasteiger partial charge in [0, 0.05) is 40.5 Å². The van der Waals surface area contributed by atoms with Crippen LogP contribution in [0.5, 0.6) is 0 Å². The lowest BCUT2D eigenvalue weighted by Gasteiger charge is -2.13. The molecule has 7 heteroatoms. The third-order valence-corrected chi connectivity index (χ3v) is 5.33. The van der Waals surface area contributed by atoms with E-state index in [0.717, 1.165) is 33.8 Å². The zero-order chi connectivity index (χ0) is 22.2. The van der Waals surface area contributed by atoms with E-state index < -0.39 is 10.9 Å². The Morgan fingerprint density at radius 1 is 1.07 bits per heavy atom. The first-order chi connectivity index (χ1) is 14.1. The van der Waals surface area contributed by atoms with Crippen LogP contribution in [-0.4, -0.2) is 26.8 Å². The maximum atomic E-state index is 11.3. The fraction of sp³-hybridized carbons (Fsp3) is 0.217. The smallest absolute Gasteiger partial charge is 0.335 e. The number of nitro groups is 1. The van der Waals surface area contributed by atoms with Crippen LogP contribution in [0.2, 0.25) is 0 Å². The summed E-state index contributed by atoms with van der Waals surface area (Å²) >= 11 is 0. The Hall–Kier alpha value is -3.74. The van der Waals surface area contributed by atoms with Crippen molar-refractivity contribution in [1.29, 1.82) is 0 Å². The molecule has 154 valence electrons. The van der Waals surface area contributed by atoms with Gasteiger partial charge in [-0.05, 0) is 76.1 Å². The van der Waals surface area contributed by atoms with Crippen molar-refractivity contribution in [1.82, 2.24) is 4.57 Å². The monoisotopic (exact) mass is 405 g/mol. The third-order valence-electron chi connectivity index (χ3n) is 5.33. The molecule has 0 atom stereocenters. The summed E-state index contributed by atoms with van der Waals surface area (Å²) in [6.45, 7) is 9.36. The average molecular weight is 405 g/mol. The number of aromatic carboxylic acids is 1. The number of aromatic nitrogens is 1. The largest absolute Gasteiger partial charge is 0.478 e. The highest BCUT2D eigenvalue weighted by molar-refractivity contribution is 5.88. The molecule has 0 aliphatic rings. The quantitative estimate of drug-likeness (QED) is 0.350. The number of rotatable bonds is 5. The van der Waals surface area contributed by atoms with E-state index in [4.69, 9.17) is 0 Å². The molecule has 0 aliphatic heterocycles. The first-order valence-electron chi connectivity index (χ1n) is 9.43. The van der Waals surface area contributed by atoms with Gasteiger partial charge in [0.1, 0.15) is 0 Å². The highest BCUT2D eigenvalue weighted by Gasteiger charge is 2.15. The van der Waals surface area contributed by atoms with Gasteiger partial charge in [-0.15, -0.1) is 0 Å². The van der Waals surface area contributed by atoms with Gasteiger partial charge in [-0.1, -0.05) is 0 Å². The Bertz CT molecular complexity index is 1210. The molecule has 3 rings (SSSR count). The molecule has 1 aromatic heterocycles. The zero-order valence-corrected chi connectivity index (χ0v) is 17.6. The number of benzene rings is 2. The van der Waals surface area contributed by atoms with Crippen LogP contribution in [0.1, 0.15) is 44.0 Å². The average Bonchev–Trinajstić information content (AvgIpc) is 2.95. The fourth-order valence-electron chi connectivity index (χ4n) is 3.56. The van der Waals surface area contributed by atoms with Crippen molar-refractivity contribution in [2.75, 3.05) is 0 Å². The van der Waals surface area contributed by atoms with E-state index >= 15 is 0 Å². The standard InChI is InChI=1S/C23H23N3O4/c1-13-9-20(11-22(16(13)4)26(29)30)24-12-19-10-15(3)25(17(19)5)21-7-6-18(23(27)28)8-14(21)2/h6-12H,1-5H3,(H,27,28). The van der Waals surface area contributed by atoms with Gasteiger partial charge in [-0.2, -0.15) is 0 Å². The van der Waals surface area contributed by atoms with Gasteiger partial charge in [0.15, 0.2) is 0 Å². The molecule has 0 spiro atoms. The first-order valence-corrected chi connectivity index (χ1v) is 9.43. The number of nitrogens with zero attached hydrogens (tertiary/aromatic N) is 3. The molecule has 7 nitrogen and oxygen atoms in total. The summed E-state index contributed by atoms with van der Waals surface area (Å²) in [5, 5.41) is 20.5. The number of hydrogen-bond acceptors (Lipinski definition) is 4. The zero-order valence-electron chi connectivity index (χ0n) is 17.6. The van der Waals surface area contributed by atoms with Crippen LogP contribution in [0.4, 0.5) is 11.4 Å². The number of carboxylic acid groups (broad SMARTS) is 1. The van der Waals surface area contributed by atoms with E-state index in [1.54, 1.807) is 31.3 Å². The lowest BCUT2D eigenvalue weighted by atomic mass is 10.1. The number of carbonyl (C=O) groups is 1. The maximum Gasteiger partial charge on any atom is 0.335 e. The fourth-order valence-corrected chi connectivity index (χ4v) is 3.56. The van der Waals surface area contributed by atoms with Crippen LogP contribution < -0.4 is 0 Å². The lowest BCUT2D eigenvalue weighted by Crippen LogP contribution is -2.04. The maximum absolute atomic E-state index is 11.3. The number of hydrogen-bond donors (Lipinski definition) is 1. The van der Waals surface area contributed by atoms with Gasteiger partial charge < -0.3 is 9.67 Å². The van der Waals surface area contributed by atoms with Gasteiger partial charge in [-0.25, -0.2) is 4.79 Å². The highest BCUT2D eigenvalue weighted by atomic mass is 16.6. The predicted octanol–water partition coefficient (Wildman–Crippen LogP) is 5.38. The predicted molar refractivity (Wildman–Crippen MR) is 117 cm³/mol. The van der Waals surface area contributed by atoms with Crippen LogP contribution >= 0.6 is 0 Å². The van der Waals surface area contributed by atoms with E-state index in [-0.39, 0.29) is 11.3 Å². The van der Waals surface area contributed by atoms with Crippen molar-refractivity contribution in [2.45, 2.75) is 34.6 Å². The molecule has 0 aliphatic carbocycles. The second-order valence-corrected chi connectivity index (χ2v) is 7.39. The minimum Gasteiger partial charge on any atom is -0.478 e. The van der Waals surface area contributed by atoms with Gasteiger partial charge >= 0.3 is 5.97 Å². The molecular formula is C23H23N3O4. The molecule has 0 saturated heterocycles. The minimum atomic E-state index is -0.957. The van der Waals surface area contributed by atoms with Crippen LogP contribution in [0.3, 0.4) is 0 Å². The van der Waals surface area contributed by atoms with Crippen molar-refractivity contribution in [2.24, 2.45) is 4.99 Å². The molecule has 30 heavy (non-hydrogen) atoms. The van der Waals surface area contributed by atoms with Gasteiger partial charge in [0.2, 0.25) is 0 Å². The number of nitro benzene ring substituents is 1. The van der Waals surface area contributed by atoms with Crippen LogP contribution in [0.25, 0.3) is 5.69 Å². The second-order valence-electron chi connectivity index (χ2n) is 7.39. The van der Waals surface area contributed by atoms with Crippen molar-refractivity contribution in [3.05, 3.63) is 85.7 Å². The van der Waals surface area contributed by atoms with E-state index in [9.17, 15) is 20.0 Å². The number of aliphatic imine (C=N–C) groups is 1. The topological polar surface area (TPSA) is 97.7 Å². The van der Waals surface area contributed by atoms with Gasteiger partial charge in [0.05, 0.1) is 16.2 Å². The van der Waals surface area contributed by atoms with Crippen LogP contribution in [-0.2, 0) is 0 Å². The molecule has 0 unspecified atom stereocenters. The summed E-state index contributed by atoms with van der Waals surface area (Å²) in [7, 11) is 0. The number of aryl methyl sites for hydroxylation is 3. The lowest BCUT2D eigenvalue weighted by molar-refractivity contribution is -0.385. The molecule has 0 fully saturated rings. The summed E-state index contributed by atoms with van der Waals surface area (Å²) in [5.74, 6) is -0.957. The van der Waals surface area contributed by atoms with E-state index in [0.29, 0.717) is 11.3 Å². The highest BCUT2D eigenvalue weighted by Crippen LogP contribution is 2.28. The Labute approximate surface area is 174 Å². The molecule has 0 amide bonds.